The number of hydrogen-bond donors (Lipinski definition) is 1. The van der Waals surface area contributed by atoms with Crippen molar-refractivity contribution in [2.45, 2.75) is 13.3 Å². The zero-order valence-corrected chi connectivity index (χ0v) is 8.82. The third-order valence-corrected chi connectivity index (χ3v) is 2.70. The third kappa shape index (κ3) is 2.36. The van der Waals surface area contributed by atoms with Crippen molar-refractivity contribution in [1.29, 1.82) is 0 Å². The van der Waals surface area contributed by atoms with Crippen molar-refractivity contribution >= 4 is 11.6 Å². The van der Waals surface area contributed by atoms with Gasteiger partial charge < -0.3 is 10.1 Å². The standard InChI is InChI=1S/C12H15NO2/c1-9-4-2-3-5-11(9)13-12(14)10-6-7-15-8-10/h2-5,10H,6-8H2,1H3,(H,13,14). The summed E-state index contributed by atoms with van der Waals surface area (Å²) in [6, 6.07) is 7.79. The Balaban J connectivity index is 2.02. The van der Waals surface area contributed by atoms with E-state index >= 15 is 0 Å². The number of rotatable bonds is 2. The smallest absolute Gasteiger partial charge is 0.229 e. The first-order valence-corrected chi connectivity index (χ1v) is 5.21. The van der Waals surface area contributed by atoms with E-state index in [0.717, 1.165) is 17.7 Å². The van der Waals surface area contributed by atoms with Crippen molar-refractivity contribution in [3.05, 3.63) is 29.8 Å². The van der Waals surface area contributed by atoms with Crippen LogP contribution in [0.25, 0.3) is 0 Å². The van der Waals surface area contributed by atoms with Crippen molar-refractivity contribution in [3.8, 4) is 0 Å². The monoisotopic (exact) mass is 205 g/mol. The van der Waals surface area contributed by atoms with Gasteiger partial charge in [0, 0.05) is 12.3 Å². The second-order valence-corrected chi connectivity index (χ2v) is 3.86. The summed E-state index contributed by atoms with van der Waals surface area (Å²) in [5.74, 6) is 0.0893. The molecule has 15 heavy (non-hydrogen) atoms. The Labute approximate surface area is 89.4 Å². The summed E-state index contributed by atoms with van der Waals surface area (Å²) in [6.07, 6.45) is 0.831. The second kappa shape index (κ2) is 4.45. The minimum atomic E-state index is 0.0182. The SMILES string of the molecule is Cc1ccccc1NC(=O)C1CCOC1. The van der Waals surface area contributed by atoms with E-state index in [4.69, 9.17) is 4.74 Å². The van der Waals surface area contributed by atoms with Gasteiger partial charge in [-0.15, -0.1) is 0 Å². The molecule has 0 saturated carbocycles. The molecule has 1 aliphatic heterocycles. The average Bonchev–Trinajstić information content (AvgIpc) is 2.74. The summed E-state index contributed by atoms with van der Waals surface area (Å²) in [4.78, 5) is 11.8. The highest BCUT2D eigenvalue weighted by Gasteiger charge is 2.23. The van der Waals surface area contributed by atoms with Gasteiger partial charge in [0.25, 0.3) is 0 Å². The van der Waals surface area contributed by atoms with Crippen LogP contribution in [0.3, 0.4) is 0 Å². The molecule has 1 aliphatic rings. The first-order chi connectivity index (χ1) is 7.27. The van der Waals surface area contributed by atoms with Crippen LogP contribution < -0.4 is 5.32 Å². The molecule has 1 unspecified atom stereocenters. The molecule has 0 radical (unpaired) electrons. The van der Waals surface area contributed by atoms with Gasteiger partial charge in [-0.25, -0.2) is 0 Å². The van der Waals surface area contributed by atoms with E-state index in [-0.39, 0.29) is 11.8 Å². The second-order valence-electron chi connectivity index (χ2n) is 3.86. The van der Waals surface area contributed by atoms with Gasteiger partial charge in [-0.05, 0) is 25.0 Å². The van der Waals surface area contributed by atoms with Gasteiger partial charge in [0.05, 0.1) is 12.5 Å². The Bertz CT molecular complexity index is 356. The molecule has 1 aromatic rings. The zero-order valence-electron chi connectivity index (χ0n) is 8.82. The van der Waals surface area contributed by atoms with Gasteiger partial charge in [0.15, 0.2) is 0 Å². The first-order valence-electron chi connectivity index (χ1n) is 5.21. The van der Waals surface area contributed by atoms with Crippen LogP contribution in [0.1, 0.15) is 12.0 Å². The molecular weight excluding hydrogens is 190 g/mol. The van der Waals surface area contributed by atoms with Crippen molar-refractivity contribution in [2.24, 2.45) is 5.92 Å². The lowest BCUT2D eigenvalue weighted by Gasteiger charge is -2.11. The highest BCUT2D eigenvalue weighted by molar-refractivity contribution is 5.93. The number of para-hydroxylation sites is 1. The summed E-state index contributed by atoms with van der Waals surface area (Å²) < 4.78 is 5.19. The van der Waals surface area contributed by atoms with Crippen LogP contribution in [0.2, 0.25) is 0 Å². The molecule has 1 heterocycles. The van der Waals surface area contributed by atoms with Crippen molar-refractivity contribution < 1.29 is 9.53 Å². The van der Waals surface area contributed by atoms with Crippen molar-refractivity contribution in [2.75, 3.05) is 18.5 Å². The Morgan fingerprint density at radius 2 is 2.27 bits per heavy atom. The van der Waals surface area contributed by atoms with Gasteiger partial charge in [-0.2, -0.15) is 0 Å². The summed E-state index contributed by atoms with van der Waals surface area (Å²) in [5, 5.41) is 2.93. The fourth-order valence-corrected chi connectivity index (χ4v) is 1.69. The van der Waals surface area contributed by atoms with Crippen LogP contribution in [-0.2, 0) is 9.53 Å². The minimum absolute atomic E-state index is 0.0182. The molecule has 0 spiro atoms. The van der Waals surface area contributed by atoms with E-state index in [0.29, 0.717) is 13.2 Å². The van der Waals surface area contributed by atoms with Crippen LogP contribution in [0, 0.1) is 12.8 Å². The Morgan fingerprint density at radius 3 is 2.93 bits per heavy atom. The fraction of sp³-hybridized carbons (Fsp3) is 0.417. The highest BCUT2D eigenvalue weighted by Crippen LogP contribution is 2.18. The summed E-state index contributed by atoms with van der Waals surface area (Å²) in [7, 11) is 0. The van der Waals surface area contributed by atoms with Crippen molar-refractivity contribution in [3.63, 3.8) is 0 Å². The quantitative estimate of drug-likeness (QED) is 0.801. The molecule has 3 nitrogen and oxygen atoms in total. The van der Waals surface area contributed by atoms with Gasteiger partial charge in [-0.3, -0.25) is 4.79 Å². The van der Waals surface area contributed by atoms with E-state index in [9.17, 15) is 4.79 Å². The number of benzene rings is 1. The first kappa shape index (κ1) is 10.2. The molecule has 1 saturated heterocycles. The maximum Gasteiger partial charge on any atom is 0.229 e. The Hall–Kier alpha value is -1.35. The molecular formula is C12H15NO2. The summed E-state index contributed by atoms with van der Waals surface area (Å²) in [6.45, 7) is 3.24. The molecule has 1 amide bonds. The van der Waals surface area contributed by atoms with E-state index in [1.807, 2.05) is 31.2 Å². The number of aryl methyl sites for hydroxylation is 1. The number of ether oxygens (including phenoxy) is 1. The average molecular weight is 205 g/mol. The van der Waals surface area contributed by atoms with Crippen LogP contribution in [0.15, 0.2) is 24.3 Å². The molecule has 1 N–H and O–H groups in total. The molecule has 0 bridgehead atoms. The summed E-state index contributed by atoms with van der Waals surface area (Å²) in [5.41, 5.74) is 1.99. The number of carbonyl (C=O) groups is 1. The number of hydrogen-bond acceptors (Lipinski definition) is 2. The van der Waals surface area contributed by atoms with Crippen LogP contribution >= 0.6 is 0 Å². The minimum Gasteiger partial charge on any atom is -0.381 e. The lowest BCUT2D eigenvalue weighted by atomic mass is 10.1. The van der Waals surface area contributed by atoms with E-state index in [1.54, 1.807) is 0 Å². The van der Waals surface area contributed by atoms with E-state index in [2.05, 4.69) is 5.32 Å². The Morgan fingerprint density at radius 1 is 1.47 bits per heavy atom. The topological polar surface area (TPSA) is 38.3 Å². The Kier molecular flexibility index (Phi) is 3.02. The number of anilines is 1. The maximum atomic E-state index is 11.8. The molecule has 2 rings (SSSR count). The molecule has 3 heteroatoms. The van der Waals surface area contributed by atoms with Crippen molar-refractivity contribution in [1.82, 2.24) is 0 Å². The third-order valence-electron chi connectivity index (χ3n) is 2.70. The molecule has 1 fully saturated rings. The number of nitrogens with one attached hydrogen (secondary N) is 1. The van der Waals surface area contributed by atoms with Crippen LogP contribution in [0.5, 0.6) is 0 Å². The fourth-order valence-electron chi connectivity index (χ4n) is 1.69. The van der Waals surface area contributed by atoms with Crippen LogP contribution in [0.4, 0.5) is 5.69 Å². The number of amides is 1. The van der Waals surface area contributed by atoms with Gasteiger partial charge in [0.1, 0.15) is 0 Å². The predicted octanol–water partition coefficient (Wildman–Crippen LogP) is 1.97. The molecule has 80 valence electrons. The molecule has 0 aliphatic carbocycles. The number of carbonyl (C=O) groups excluding carboxylic acids is 1. The lowest BCUT2D eigenvalue weighted by Crippen LogP contribution is -2.23. The van der Waals surface area contributed by atoms with Gasteiger partial charge >= 0.3 is 0 Å². The van der Waals surface area contributed by atoms with Crippen LogP contribution in [-0.4, -0.2) is 19.1 Å². The van der Waals surface area contributed by atoms with E-state index < -0.39 is 0 Å². The summed E-state index contributed by atoms with van der Waals surface area (Å²) >= 11 is 0. The predicted molar refractivity (Wildman–Crippen MR) is 58.7 cm³/mol. The van der Waals surface area contributed by atoms with E-state index in [1.165, 1.54) is 0 Å². The largest absolute Gasteiger partial charge is 0.381 e. The molecule has 1 aromatic carbocycles. The highest BCUT2D eigenvalue weighted by atomic mass is 16.5. The maximum absolute atomic E-state index is 11.8. The molecule has 0 aromatic heterocycles. The van der Waals surface area contributed by atoms with Gasteiger partial charge in [0.2, 0.25) is 5.91 Å². The lowest BCUT2D eigenvalue weighted by molar-refractivity contribution is -0.119. The van der Waals surface area contributed by atoms with Gasteiger partial charge in [-0.1, -0.05) is 18.2 Å². The normalized spacial score (nSPS) is 20.2. The molecule has 1 atom stereocenters. The zero-order chi connectivity index (χ0) is 10.7.